The molecule has 0 saturated carbocycles. The molecule has 0 spiro atoms. The molecule has 0 aromatic rings. The number of ether oxygens (including phenoxy) is 1. The molecule has 0 bridgehead atoms. The molecule has 0 aromatic carbocycles. The minimum Gasteiger partial charge on any atom is -0.444 e. The SMILES string of the molecule is CC1C2CCNCC2CCN1C(=O)OC(C)(C)C. The molecule has 0 radical (unpaired) electrons. The number of amides is 1. The van der Waals surface area contributed by atoms with E-state index in [0.29, 0.717) is 12.0 Å². The van der Waals surface area contributed by atoms with Crippen molar-refractivity contribution in [3.05, 3.63) is 0 Å². The average Bonchev–Trinajstić information content (AvgIpc) is 2.27. The highest BCUT2D eigenvalue weighted by molar-refractivity contribution is 5.68. The van der Waals surface area contributed by atoms with Gasteiger partial charge in [0.1, 0.15) is 5.60 Å². The first kappa shape index (κ1) is 13.7. The lowest BCUT2D eigenvalue weighted by Crippen LogP contribution is -2.55. The smallest absolute Gasteiger partial charge is 0.410 e. The number of fused-ring (bicyclic) bond motifs is 1. The number of likely N-dealkylation sites (tertiary alicyclic amines) is 1. The molecular formula is C14H26N2O2. The van der Waals surface area contributed by atoms with E-state index in [1.165, 1.54) is 6.42 Å². The number of piperidine rings is 2. The molecule has 2 aliphatic heterocycles. The van der Waals surface area contributed by atoms with E-state index in [9.17, 15) is 4.79 Å². The zero-order valence-corrected chi connectivity index (χ0v) is 12.0. The van der Waals surface area contributed by atoms with E-state index in [1.807, 2.05) is 25.7 Å². The van der Waals surface area contributed by atoms with Crippen LogP contribution in [0.4, 0.5) is 4.79 Å². The van der Waals surface area contributed by atoms with Gasteiger partial charge in [0.25, 0.3) is 0 Å². The van der Waals surface area contributed by atoms with Crippen LogP contribution in [0.5, 0.6) is 0 Å². The van der Waals surface area contributed by atoms with Crippen LogP contribution in [-0.4, -0.2) is 42.3 Å². The van der Waals surface area contributed by atoms with E-state index in [2.05, 4.69) is 12.2 Å². The number of hydrogen-bond donors (Lipinski definition) is 1. The predicted molar refractivity (Wildman–Crippen MR) is 71.5 cm³/mol. The van der Waals surface area contributed by atoms with Crippen LogP contribution in [0.2, 0.25) is 0 Å². The maximum Gasteiger partial charge on any atom is 0.410 e. The summed E-state index contributed by atoms with van der Waals surface area (Å²) in [6.07, 6.45) is 2.12. The molecule has 3 unspecified atom stereocenters. The molecule has 2 fully saturated rings. The summed E-state index contributed by atoms with van der Waals surface area (Å²) in [6, 6.07) is 0.306. The third-order valence-electron chi connectivity index (χ3n) is 4.15. The third-order valence-corrected chi connectivity index (χ3v) is 4.15. The Morgan fingerprint density at radius 2 is 2.06 bits per heavy atom. The standard InChI is InChI=1S/C14H26N2O2/c1-10-12-5-7-15-9-11(12)6-8-16(10)13(17)18-14(2,3)4/h10-12,15H,5-9H2,1-4H3. The Morgan fingerprint density at radius 1 is 1.33 bits per heavy atom. The first-order valence-corrected chi connectivity index (χ1v) is 7.09. The number of nitrogens with zero attached hydrogens (tertiary/aromatic N) is 1. The molecule has 18 heavy (non-hydrogen) atoms. The van der Waals surface area contributed by atoms with Crippen LogP contribution in [0.1, 0.15) is 40.5 Å². The summed E-state index contributed by atoms with van der Waals surface area (Å²) in [7, 11) is 0. The van der Waals surface area contributed by atoms with Gasteiger partial charge in [0.2, 0.25) is 0 Å². The van der Waals surface area contributed by atoms with Crippen molar-refractivity contribution < 1.29 is 9.53 Å². The zero-order chi connectivity index (χ0) is 13.3. The van der Waals surface area contributed by atoms with Gasteiger partial charge in [0.15, 0.2) is 0 Å². The van der Waals surface area contributed by atoms with Crippen molar-refractivity contribution in [2.24, 2.45) is 11.8 Å². The summed E-state index contributed by atoms with van der Waals surface area (Å²) in [6.45, 7) is 11.0. The normalized spacial score (nSPS) is 32.9. The summed E-state index contributed by atoms with van der Waals surface area (Å²) in [4.78, 5) is 14.1. The molecule has 104 valence electrons. The minimum atomic E-state index is -0.401. The van der Waals surface area contributed by atoms with Crippen LogP contribution in [0.25, 0.3) is 0 Å². The van der Waals surface area contributed by atoms with Crippen molar-refractivity contribution in [3.8, 4) is 0 Å². The fraction of sp³-hybridized carbons (Fsp3) is 0.929. The Balaban J connectivity index is 2.00. The molecule has 0 aliphatic carbocycles. The first-order chi connectivity index (χ1) is 8.38. The molecule has 1 N–H and O–H groups in total. The Morgan fingerprint density at radius 3 is 2.72 bits per heavy atom. The first-order valence-electron chi connectivity index (χ1n) is 7.09. The van der Waals surface area contributed by atoms with Gasteiger partial charge >= 0.3 is 6.09 Å². The Labute approximate surface area is 110 Å². The number of carbonyl (C=O) groups is 1. The maximum absolute atomic E-state index is 12.2. The Hall–Kier alpha value is -0.770. The van der Waals surface area contributed by atoms with Gasteiger partial charge in [0, 0.05) is 12.6 Å². The van der Waals surface area contributed by atoms with Crippen LogP contribution in [-0.2, 0) is 4.74 Å². The lowest BCUT2D eigenvalue weighted by molar-refractivity contribution is -0.0121. The highest BCUT2D eigenvalue weighted by atomic mass is 16.6. The van der Waals surface area contributed by atoms with Gasteiger partial charge < -0.3 is 15.0 Å². The number of nitrogens with one attached hydrogen (secondary N) is 1. The summed E-state index contributed by atoms with van der Waals surface area (Å²) in [5.41, 5.74) is -0.401. The largest absolute Gasteiger partial charge is 0.444 e. The Bertz CT molecular complexity index is 311. The van der Waals surface area contributed by atoms with E-state index in [0.717, 1.165) is 32.0 Å². The molecule has 1 amide bonds. The molecule has 2 aliphatic rings. The van der Waals surface area contributed by atoms with E-state index in [4.69, 9.17) is 4.74 Å². The number of carbonyl (C=O) groups excluding carboxylic acids is 1. The topological polar surface area (TPSA) is 41.6 Å². The van der Waals surface area contributed by atoms with Crippen molar-refractivity contribution in [3.63, 3.8) is 0 Å². The Kier molecular flexibility index (Phi) is 3.85. The van der Waals surface area contributed by atoms with Gasteiger partial charge in [-0.15, -0.1) is 0 Å². The fourth-order valence-corrected chi connectivity index (χ4v) is 3.21. The van der Waals surface area contributed by atoms with Crippen LogP contribution < -0.4 is 5.32 Å². The summed E-state index contributed by atoms with van der Waals surface area (Å²) in [5.74, 6) is 1.36. The summed E-state index contributed by atoms with van der Waals surface area (Å²) in [5, 5.41) is 3.45. The van der Waals surface area contributed by atoms with Gasteiger partial charge in [-0.25, -0.2) is 4.79 Å². The van der Waals surface area contributed by atoms with Gasteiger partial charge in [-0.3, -0.25) is 0 Å². The van der Waals surface area contributed by atoms with Gasteiger partial charge in [-0.2, -0.15) is 0 Å². The highest BCUT2D eigenvalue weighted by Gasteiger charge is 2.39. The van der Waals surface area contributed by atoms with Crippen molar-refractivity contribution in [1.82, 2.24) is 10.2 Å². The lowest BCUT2D eigenvalue weighted by Gasteiger charge is -2.46. The van der Waals surface area contributed by atoms with Crippen molar-refractivity contribution in [1.29, 1.82) is 0 Å². The zero-order valence-electron chi connectivity index (χ0n) is 12.0. The molecular weight excluding hydrogens is 228 g/mol. The van der Waals surface area contributed by atoms with E-state index in [1.54, 1.807) is 0 Å². The number of hydrogen-bond acceptors (Lipinski definition) is 3. The van der Waals surface area contributed by atoms with Crippen molar-refractivity contribution >= 4 is 6.09 Å². The van der Waals surface area contributed by atoms with Crippen LogP contribution >= 0.6 is 0 Å². The highest BCUT2D eigenvalue weighted by Crippen LogP contribution is 2.33. The molecule has 2 heterocycles. The molecule has 2 rings (SSSR count). The summed E-state index contributed by atoms with van der Waals surface area (Å²) < 4.78 is 5.50. The fourth-order valence-electron chi connectivity index (χ4n) is 3.21. The van der Waals surface area contributed by atoms with E-state index in [-0.39, 0.29) is 6.09 Å². The van der Waals surface area contributed by atoms with Crippen molar-refractivity contribution in [2.45, 2.75) is 52.2 Å². The van der Waals surface area contributed by atoms with Crippen LogP contribution in [0.3, 0.4) is 0 Å². The molecule has 2 saturated heterocycles. The lowest BCUT2D eigenvalue weighted by atomic mass is 9.76. The van der Waals surface area contributed by atoms with E-state index >= 15 is 0 Å². The van der Waals surface area contributed by atoms with Gasteiger partial charge in [-0.1, -0.05) is 0 Å². The van der Waals surface area contributed by atoms with Crippen LogP contribution in [0.15, 0.2) is 0 Å². The number of rotatable bonds is 0. The van der Waals surface area contributed by atoms with Gasteiger partial charge in [-0.05, 0) is 65.5 Å². The molecule has 0 aromatic heterocycles. The maximum atomic E-state index is 12.2. The second-order valence-corrected chi connectivity index (χ2v) is 6.62. The molecule has 4 nitrogen and oxygen atoms in total. The molecule has 3 atom stereocenters. The van der Waals surface area contributed by atoms with Gasteiger partial charge in [0.05, 0.1) is 0 Å². The third kappa shape index (κ3) is 2.97. The van der Waals surface area contributed by atoms with Crippen LogP contribution in [0, 0.1) is 11.8 Å². The van der Waals surface area contributed by atoms with E-state index < -0.39 is 5.60 Å². The van der Waals surface area contributed by atoms with Crippen molar-refractivity contribution in [2.75, 3.05) is 19.6 Å². The second-order valence-electron chi connectivity index (χ2n) is 6.62. The molecule has 4 heteroatoms. The monoisotopic (exact) mass is 254 g/mol. The predicted octanol–water partition coefficient (Wildman–Crippen LogP) is 2.24. The second kappa shape index (κ2) is 5.08. The average molecular weight is 254 g/mol. The minimum absolute atomic E-state index is 0.146. The summed E-state index contributed by atoms with van der Waals surface area (Å²) >= 11 is 0. The quantitative estimate of drug-likeness (QED) is 0.721.